The molecule has 0 aliphatic carbocycles. The van der Waals surface area contributed by atoms with Crippen molar-refractivity contribution in [2.75, 3.05) is 13.1 Å². The van der Waals surface area contributed by atoms with Crippen LogP contribution in [-0.2, 0) is 6.18 Å². The third kappa shape index (κ3) is 3.75. The number of hydrogen-bond donors (Lipinski definition) is 1. The summed E-state index contributed by atoms with van der Waals surface area (Å²) in [6.45, 7) is 6.29. The molecule has 20 heavy (non-hydrogen) atoms. The van der Waals surface area contributed by atoms with Gasteiger partial charge in [0, 0.05) is 0 Å². The number of benzene rings is 1. The van der Waals surface area contributed by atoms with E-state index in [1.165, 1.54) is 12.1 Å². The van der Waals surface area contributed by atoms with Crippen molar-refractivity contribution in [3.05, 3.63) is 35.4 Å². The Kier molecular flexibility index (Phi) is 4.74. The summed E-state index contributed by atoms with van der Waals surface area (Å²) < 4.78 is 37.8. The lowest BCUT2D eigenvalue weighted by Crippen LogP contribution is -2.36. The Balaban J connectivity index is 2.15. The second-order valence-electron chi connectivity index (χ2n) is 6.11. The van der Waals surface area contributed by atoms with Gasteiger partial charge in [-0.05, 0) is 61.4 Å². The van der Waals surface area contributed by atoms with E-state index in [9.17, 15) is 13.2 Å². The quantitative estimate of drug-likeness (QED) is 0.865. The van der Waals surface area contributed by atoms with Crippen LogP contribution in [0.1, 0.15) is 43.7 Å². The van der Waals surface area contributed by atoms with Crippen molar-refractivity contribution >= 4 is 0 Å². The molecule has 2 atom stereocenters. The van der Waals surface area contributed by atoms with Crippen LogP contribution in [0.5, 0.6) is 0 Å². The van der Waals surface area contributed by atoms with Gasteiger partial charge < -0.3 is 5.32 Å². The second-order valence-corrected chi connectivity index (χ2v) is 6.11. The van der Waals surface area contributed by atoms with Crippen molar-refractivity contribution in [2.45, 2.75) is 38.8 Å². The zero-order valence-electron chi connectivity index (χ0n) is 12.0. The molecule has 0 bridgehead atoms. The lowest BCUT2D eigenvalue weighted by Gasteiger charge is -2.33. The molecule has 2 rings (SSSR count). The van der Waals surface area contributed by atoms with Gasteiger partial charge in [0.2, 0.25) is 0 Å². The summed E-state index contributed by atoms with van der Waals surface area (Å²) >= 11 is 0. The maximum Gasteiger partial charge on any atom is 0.416 e. The molecular formula is C16H22F3N. The molecule has 1 aromatic carbocycles. The molecule has 0 amide bonds. The summed E-state index contributed by atoms with van der Waals surface area (Å²) in [6, 6.07) is 5.74. The van der Waals surface area contributed by atoms with E-state index in [4.69, 9.17) is 0 Å². The minimum absolute atomic E-state index is 0.376. The number of nitrogens with one attached hydrogen (secondary N) is 1. The Morgan fingerprint density at radius 2 is 1.85 bits per heavy atom. The molecule has 1 aliphatic rings. The van der Waals surface area contributed by atoms with Crippen molar-refractivity contribution in [1.29, 1.82) is 0 Å². The molecule has 0 aromatic heterocycles. The highest BCUT2D eigenvalue weighted by molar-refractivity contribution is 5.28. The Morgan fingerprint density at radius 3 is 2.40 bits per heavy atom. The SMILES string of the molecule is CC(C)CC1CNCCC1c1ccc(C(F)(F)F)cc1. The van der Waals surface area contributed by atoms with Gasteiger partial charge >= 0.3 is 6.18 Å². The molecule has 112 valence electrons. The fourth-order valence-corrected chi connectivity index (χ4v) is 3.13. The lowest BCUT2D eigenvalue weighted by molar-refractivity contribution is -0.137. The molecule has 0 spiro atoms. The third-order valence-corrected chi connectivity index (χ3v) is 4.05. The Labute approximate surface area is 118 Å². The Hall–Kier alpha value is -1.03. The van der Waals surface area contributed by atoms with Crippen LogP contribution in [0.25, 0.3) is 0 Å². The molecule has 0 saturated carbocycles. The van der Waals surface area contributed by atoms with Crippen LogP contribution in [-0.4, -0.2) is 13.1 Å². The first-order valence-electron chi connectivity index (χ1n) is 7.26. The number of halogens is 3. The van der Waals surface area contributed by atoms with Crippen LogP contribution < -0.4 is 5.32 Å². The van der Waals surface area contributed by atoms with Crippen LogP contribution in [0.3, 0.4) is 0 Å². The predicted octanol–water partition coefficient (Wildman–Crippen LogP) is 4.44. The summed E-state index contributed by atoms with van der Waals surface area (Å²) in [5.74, 6) is 1.50. The fraction of sp³-hybridized carbons (Fsp3) is 0.625. The van der Waals surface area contributed by atoms with E-state index in [0.29, 0.717) is 17.8 Å². The minimum Gasteiger partial charge on any atom is -0.316 e. The summed E-state index contributed by atoms with van der Waals surface area (Å²) in [4.78, 5) is 0. The number of hydrogen-bond acceptors (Lipinski definition) is 1. The van der Waals surface area contributed by atoms with Crippen molar-refractivity contribution < 1.29 is 13.2 Å². The van der Waals surface area contributed by atoms with E-state index in [-0.39, 0.29) is 0 Å². The Morgan fingerprint density at radius 1 is 1.20 bits per heavy atom. The maximum atomic E-state index is 12.6. The number of rotatable bonds is 3. The van der Waals surface area contributed by atoms with Gasteiger partial charge in [-0.15, -0.1) is 0 Å². The molecule has 4 heteroatoms. The van der Waals surface area contributed by atoms with Crippen LogP contribution in [0.2, 0.25) is 0 Å². The minimum atomic E-state index is -4.25. The van der Waals surface area contributed by atoms with Crippen LogP contribution in [0.15, 0.2) is 24.3 Å². The first-order chi connectivity index (χ1) is 9.38. The van der Waals surface area contributed by atoms with Gasteiger partial charge in [-0.3, -0.25) is 0 Å². The van der Waals surface area contributed by atoms with E-state index >= 15 is 0 Å². The van der Waals surface area contributed by atoms with Crippen molar-refractivity contribution in [3.8, 4) is 0 Å². The summed E-state index contributed by atoms with van der Waals surface area (Å²) in [5, 5.41) is 3.40. The van der Waals surface area contributed by atoms with E-state index in [1.807, 2.05) is 0 Å². The van der Waals surface area contributed by atoms with Gasteiger partial charge in [0.05, 0.1) is 5.56 Å². The molecule has 1 saturated heterocycles. The van der Waals surface area contributed by atoms with Crippen LogP contribution in [0.4, 0.5) is 13.2 Å². The van der Waals surface area contributed by atoms with Crippen molar-refractivity contribution in [3.63, 3.8) is 0 Å². The van der Waals surface area contributed by atoms with Crippen LogP contribution >= 0.6 is 0 Å². The smallest absolute Gasteiger partial charge is 0.316 e. The third-order valence-electron chi connectivity index (χ3n) is 4.05. The van der Waals surface area contributed by atoms with Gasteiger partial charge in [-0.25, -0.2) is 0 Å². The van der Waals surface area contributed by atoms with E-state index in [0.717, 1.165) is 31.5 Å². The zero-order chi connectivity index (χ0) is 14.8. The molecule has 0 radical (unpaired) electrons. The van der Waals surface area contributed by atoms with Crippen LogP contribution in [0, 0.1) is 11.8 Å². The monoisotopic (exact) mass is 285 g/mol. The Bertz CT molecular complexity index is 422. The molecule has 1 fully saturated rings. The number of alkyl halides is 3. The highest BCUT2D eigenvalue weighted by Crippen LogP contribution is 2.36. The highest BCUT2D eigenvalue weighted by atomic mass is 19.4. The first-order valence-corrected chi connectivity index (χ1v) is 7.26. The number of piperidine rings is 1. The lowest BCUT2D eigenvalue weighted by atomic mass is 9.77. The zero-order valence-corrected chi connectivity index (χ0v) is 12.0. The topological polar surface area (TPSA) is 12.0 Å². The average Bonchev–Trinajstić information content (AvgIpc) is 2.38. The van der Waals surface area contributed by atoms with Crippen molar-refractivity contribution in [2.24, 2.45) is 11.8 Å². The second kappa shape index (κ2) is 6.17. The molecule has 1 nitrogen and oxygen atoms in total. The van der Waals surface area contributed by atoms with Gasteiger partial charge in [-0.1, -0.05) is 26.0 Å². The van der Waals surface area contributed by atoms with E-state index in [2.05, 4.69) is 19.2 Å². The van der Waals surface area contributed by atoms with Gasteiger partial charge in [-0.2, -0.15) is 13.2 Å². The van der Waals surface area contributed by atoms with E-state index in [1.54, 1.807) is 12.1 Å². The molecule has 1 heterocycles. The van der Waals surface area contributed by atoms with Gasteiger partial charge in [0.25, 0.3) is 0 Å². The normalized spacial score (nSPS) is 24.1. The fourth-order valence-electron chi connectivity index (χ4n) is 3.13. The summed E-state index contributed by atoms with van der Waals surface area (Å²) in [6.07, 6.45) is -2.13. The molecule has 1 aliphatic heterocycles. The summed E-state index contributed by atoms with van der Waals surface area (Å²) in [5.41, 5.74) is 0.487. The largest absolute Gasteiger partial charge is 0.416 e. The molecule has 2 unspecified atom stereocenters. The molecular weight excluding hydrogens is 263 g/mol. The van der Waals surface area contributed by atoms with E-state index < -0.39 is 11.7 Å². The first kappa shape index (κ1) is 15.4. The standard InChI is InChI=1S/C16H22F3N/c1-11(2)9-13-10-20-8-7-15(13)12-3-5-14(6-4-12)16(17,18)19/h3-6,11,13,15,20H,7-10H2,1-2H3. The maximum absolute atomic E-state index is 12.6. The molecule has 1 aromatic rings. The van der Waals surface area contributed by atoms with Gasteiger partial charge in [0.1, 0.15) is 0 Å². The average molecular weight is 285 g/mol. The molecule has 1 N–H and O–H groups in total. The van der Waals surface area contributed by atoms with Crippen molar-refractivity contribution in [1.82, 2.24) is 5.32 Å². The summed E-state index contributed by atoms with van der Waals surface area (Å²) in [7, 11) is 0. The predicted molar refractivity (Wildman–Crippen MR) is 74.6 cm³/mol. The van der Waals surface area contributed by atoms with Gasteiger partial charge in [0.15, 0.2) is 0 Å². The highest BCUT2D eigenvalue weighted by Gasteiger charge is 2.31.